The Hall–Kier alpha value is -1.87. The Bertz CT molecular complexity index is 893. The van der Waals surface area contributed by atoms with E-state index in [0.717, 1.165) is 6.07 Å². The van der Waals surface area contributed by atoms with Crippen LogP contribution in [0.2, 0.25) is 10.0 Å². The van der Waals surface area contributed by atoms with Crippen LogP contribution in [0.15, 0.2) is 47.4 Å². The summed E-state index contributed by atoms with van der Waals surface area (Å²) in [6.07, 6.45) is -1.16. The van der Waals surface area contributed by atoms with Crippen molar-refractivity contribution in [3.63, 3.8) is 0 Å². The molecule has 0 aliphatic heterocycles. The smallest absolute Gasteiger partial charge is 0.275 e. The van der Waals surface area contributed by atoms with Gasteiger partial charge >= 0.3 is 0 Å². The Morgan fingerprint density at radius 3 is 2.56 bits per heavy atom. The minimum absolute atomic E-state index is 0.0678. The molecule has 6 nitrogen and oxygen atoms in total. The van der Waals surface area contributed by atoms with Gasteiger partial charge in [-0.2, -0.15) is 0 Å². The molecule has 0 aromatic heterocycles. The number of benzene rings is 2. The number of carbonyl (C=O) groups is 1. The highest BCUT2D eigenvalue weighted by molar-refractivity contribution is 7.89. The number of amides is 1. The normalized spacial score (nSPS) is 12.5. The molecule has 0 bridgehead atoms. The SMILES string of the molecule is C[C@H](Oc1ccccc1F)C(=O)NNS(=O)(=O)c1cc(Cl)ccc1Cl. The van der Waals surface area contributed by atoms with Crippen molar-refractivity contribution in [3.05, 3.63) is 58.3 Å². The largest absolute Gasteiger partial charge is 0.478 e. The number of sulfonamides is 1. The standard InChI is InChI=1S/C15H13Cl2FN2O4S/c1-9(24-13-5-3-2-4-12(13)18)15(21)19-20-25(22,23)14-8-10(16)6-7-11(14)17/h2-9,20H,1H3,(H,19,21)/t9-/m0/s1. The van der Waals surface area contributed by atoms with E-state index in [4.69, 9.17) is 27.9 Å². The Kier molecular flexibility index (Phi) is 6.23. The van der Waals surface area contributed by atoms with Crippen molar-refractivity contribution in [2.45, 2.75) is 17.9 Å². The van der Waals surface area contributed by atoms with Crippen LogP contribution in [0, 0.1) is 5.82 Å². The summed E-state index contributed by atoms with van der Waals surface area (Å²) >= 11 is 11.6. The van der Waals surface area contributed by atoms with Crippen molar-refractivity contribution in [2.75, 3.05) is 0 Å². The maximum Gasteiger partial charge on any atom is 0.275 e. The third-order valence-electron chi connectivity index (χ3n) is 3.00. The van der Waals surface area contributed by atoms with Gasteiger partial charge in [-0.25, -0.2) is 12.8 Å². The van der Waals surface area contributed by atoms with Crippen LogP contribution in [-0.4, -0.2) is 20.4 Å². The summed E-state index contributed by atoms with van der Waals surface area (Å²) in [6.45, 7) is 1.34. The van der Waals surface area contributed by atoms with E-state index in [0.29, 0.717) is 0 Å². The van der Waals surface area contributed by atoms with Gasteiger partial charge in [-0.05, 0) is 37.3 Å². The minimum Gasteiger partial charge on any atom is -0.478 e. The second kappa shape index (κ2) is 8.01. The van der Waals surface area contributed by atoms with Gasteiger partial charge in [0.15, 0.2) is 17.7 Å². The molecule has 1 amide bonds. The van der Waals surface area contributed by atoms with E-state index in [1.165, 1.54) is 43.3 Å². The lowest BCUT2D eigenvalue weighted by Gasteiger charge is -2.16. The Morgan fingerprint density at radius 2 is 1.88 bits per heavy atom. The predicted octanol–water partition coefficient (Wildman–Crippen LogP) is 2.91. The number of rotatable bonds is 6. The number of nitrogens with one attached hydrogen (secondary N) is 2. The van der Waals surface area contributed by atoms with Crippen molar-refractivity contribution >= 4 is 39.1 Å². The molecule has 0 radical (unpaired) electrons. The van der Waals surface area contributed by atoms with Gasteiger partial charge in [-0.1, -0.05) is 35.3 Å². The molecule has 2 aromatic rings. The minimum atomic E-state index is -4.15. The fourth-order valence-electron chi connectivity index (χ4n) is 1.74. The molecule has 0 aliphatic rings. The molecule has 0 spiro atoms. The number of carbonyl (C=O) groups excluding carboxylic acids is 1. The van der Waals surface area contributed by atoms with Crippen LogP contribution < -0.4 is 15.0 Å². The van der Waals surface area contributed by atoms with Crippen molar-refractivity contribution < 1.29 is 22.3 Å². The third kappa shape index (κ3) is 5.05. The number of hydrogen-bond donors (Lipinski definition) is 2. The van der Waals surface area contributed by atoms with Crippen LogP contribution in [-0.2, 0) is 14.8 Å². The molecule has 10 heteroatoms. The molecule has 25 heavy (non-hydrogen) atoms. The quantitative estimate of drug-likeness (QED) is 0.722. The Morgan fingerprint density at radius 1 is 1.20 bits per heavy atom. The maximum atomic E-state index is 13.5. The predicted molar refractivity (Wildman–Crippen MR) is 91.4 cm³/mol. The highest BCUT2D eigenvalue weighted by atomic mass is 35.5. The number of hydrazine groups is 1. The molecular formula is C15H13Cl2FN2O4S. The van der Waals surface area contributed by atoms with E-state index in [2.05, 4.69) is 0 Å². The van der Waals surface area contributed by atoms with Crippen molar-refractivity contribution in [1.82, 2.24) is 10.3 Å². The molecule has 2 N–H and O–H groups in total. The van der Waals surface area contributed by atoms with Crippen molar-refractivity contribution in [3.8, 4) is 5.75 Å². The van der Waals surface area contributed by atoms with Crippen LogP contribution >= 0.6 is 23.2 Å². The summed E-state index contributed by atoms with van der Waals surface area (Å²) < 4.78 is 43.0. The van der Waals surface area contributed by atoms with E-state index in [9.17, 15) is 17.6 Å². The van der Waals surface area contributed by atoms with E-state index in [1.807, 2.05) is 10.3 Å². The highest BCUT2D eigenvalue weighted by Crippen LogP contribution is 2.24. The van der Waals surface area contributed by atoms with Crippen LogP contribution in [0.3, 0.4) is 0 Å². The van der Waals surface area contributed by atoms with E-state index < -0.39 is 27.9 Å². The summed E-state index contributed by atoms with van der Waals surface area (Å²) in [5, 5.41) is 0.0918. The Labute approximate surface area is 153 Å². The van der Waals surface area contributed by atoms with Gasteiger partial charge in [0.05, 0.1) is 5.02 Å². The van der Waals surface area contributed by atoms with Crippen molar-refractivity contribution in [2.24, 2.45) is 0 Å². The average Bonchev–Trinajstić information content (AvgIpc) is 2.56. The molecule has 2 rings (SSSR count). The third-order valence-corrected chi connectivity index (χ3v) is 4.97. The summed E-state index contributed by atoms with van der Waals surface area (Å²) in [4.78, 5) is 13.5. The van der Waals surface area contributed by atoms with Gasteiger partial charge in [0.25, 0.3) is 15.9 Å². The molecule has 1 atom stereocenters. The molecule has 0 aliphatic carbocycles. The molecule has 0 saturated carbocycles. The fourth-order valence-corrected chi connectivity index (χ4v) is 3.35. The summed E-state index contributed by atoms with van der Waals surface area (Å²) in [5.41, 5.74) is 1.98. The van der Waals surface area contributed by atoms with Gasteiger partial charge in [0.1, 0.15) is 4.90 Å². The second-order valence-electron chi connectivity index (χ2n) is 4.86. The zero-order valence-corrected chi connectivity index (χ0v) is 15.1. The Balaban J connectivity index is 2.03. The first-order valence-electron chi connectivity index (χ1n) is 6.88. The lowest BCUT2D eigenvalue weighted by atomic mass is 10.3. The summed E-state index contributed by atoms with van der Waals surface area (Å²) in [5.74, 6) is -1.61. The van der Waals surface area contributed by atoms with Gasteiger partial charge in [0, 0.05) is 5.02 Å². The zero-order chi connectivity index (χ0) is 18.6. The van der Waals surface area contributed by atoms with E-state index >= 15 is 0 Å². The molecule has 2 aromatic carbocycles. The molecular weight excluding hydrogens is 394 g/mol. The van der Waals surface area contributed by atoms with Gasteiger partial charge in [-0.15, -0.1) is 4.83 Å². The topological polar surface area (TPSA) is 84.5 Å². The molecule has 134 valence electrons. The molecule has 0 unspecified atom stereocenters. The van der Waals surface area contributed by atoms with Gasteiger partial charge in [0.2, 0.25) is 0 Å². The first kappa shape index (κ1) is 19.5. The zero-order valence-electron chi connectivity index (χ0n) is 12.8. The number of ether oxygens (including phenoxy) is 1. The molecule has 0 fully saturated rings. The molecule has 0 heterocycles. The summed E-state index contributed by atoms with van der Waals surface area (Å²) in [6, 6.07) is 9.38. The first-order valence-corrected chi connectivity index (χ1v) is 9.12. The summed E-state index contributed by atoms with van der Waals surface area (Å²) in [7, 11) is -4.15. The second-order valence-corrected chi connectivity index (χ2v) is 7.35. The van der Waals surface area contributed by atoms with Gasteiger partial charge < -0.3 is 4.74 Å². The van der Waals surface area contributed by atoms with Crippen LogP contribution in [0.1, 0.15) is 6.92 Å². The van der Waals surface area contributed by atoms with E-state index in [-0.39, 0.29) is 20.7 Å². The number of hydrogen-bond acceptors (Lipinski definition) is 4. The highest BCUT2D eigenvalue weighted by Gasteiger charge is 2.22. The fraction of sp³-hybridized carbons (Fsp3) is 0.133. The lowest BCUT2D eigenvalue weighted by molar-refractivity contribution is -0.127. The number of para-hydroxylation sites is 1. The van der Waals surface area contributed by atoms with Crippen LogP contribution in [0.25, 0.3) is 0 Å². The van der Waals surface area contributed by atoms with Crippen molar-refractivity contribution in [1.29, 1.82) is 0 Å². The average molecular weight is 407 g/mol. The van der Waals surface area contributed by atoms with Crippen LogP contribution in [0.4, 0.5) is 4.39 Å². The monoisotopic (exact) mass is 406 g/mol. The van der Waals surface area contributed by atoms with E-state index in [1.54, 1.807) is 0 Å². The van der Waals surface area contributed by atoms with Crippen LogP contribution in [0.5, 0.6) is 5.75 Å². The first-order chi connectivity index (χ1) is 11.7. The maximum absolute atomic E-state index is 13.5. The van der Waals surface area contributed by atoms with Gasteiger partial charge in [-0.3, -0.25) is 10.2 Å². The lowest BCUT2D eigenvalue weighted by Crippen LogP contribution is -2.47. The number of halogens is 3. The molecule has 0 saturated heterocycles.